The molecule has 0 bridgehead atoms. The van der Waals surface area contributed by atoms with Crippen LogP contribution in [0.2, 0.25) is 0 Å². The summed E-state index contributed by atoms with van der Waals surface area (Å²) >= 11 is 0. The second kappa shape index (κ2) is 5.64. The summed E-state index contributed by atoms with van der Waals surface area (Å²) in [6.07, 6.45) is 4.67. The average molecular weight is 208 g/mol. The maximum absolute atomic E-state index is 9.67. The third-order valence-corrected chi connectivity index (χ3v) is 2.82. The number of unbranched alkanes of at least 4 members (excludes halogenated alkanes) is 2. The summed E-state index contributed by atoms with van der Waals surface area (Å²) in [5.74, 6) is 0.333. The van der Waals surface area contributed by atoms with Gasteiger partial charge < -0.3 is 10.2 Å². The van der Waals surface area contributed by atoms with Crippen LogP contribution in [0.5, 0.6) is 11.5 Å². The molecule has 0 radical (unpaired) electrons. The Morgan fingerprint density at radius 2 is 1.93 bits per heavy atom. The Hall–Kier alpha value is -1.18. The van der Waals surface area contributed by atoms with Crippen molar-refractivity contribution in [3.8, 4) is 11.5 Å². The van der Waals surface area contributed by atoms with E-state index in [1.807, 2.05) is 6.07 Å². The quantitative estimate of drug-likeness (QED) is 0.571. The van der Waals surface area contributed by atoms with Crippen LogP contribution >= 0.6 is 0 Å². The van der Waals surface area contributed by atoms with Crippen LogP contribution in [-0.4, -0.2) is 10.2 Å². The van der Waals surface area contributed by atoms with Crippen LogP contribution in [0.4, 0.5) is 0 Å². The van der Waals surface area contributed by atoms with Crippen LogP contribution in [0.3, 0.4) is 0 Å². The molecule has 1 aromatic carbocycles. The summed E-state index contributed by atoms with van der Waals surface area (Å²) in [7, 11) is 0. The molecule has 2 nitrogen and oxygen atoms in total. The number of phenols is 2. The highest BCUT2D eigenvalue weighted by Crippen LogP contribution is 2.35. The van der Waals surface area contributed by atoms with E-state index in [-0.39, 0.29) is 11.5 Å². The molecule has 1 aromatic rings. The second-order valence-corrected chi connectivity index (χ2v) is 4.11. The van der Waals surface area contributed by atoms with Crippen LogP contribution in [0.25, 0.3) is 0 Å². The summed E-state index contributed by atoms with van der Waals surface area (Å²) in [6, 6.07) is 5.17. The molecule has 15 heavy (non-hydrogen) atoms. The third-order valence-electron chi connectivity index (χ3n) is 2.82. The lowest BCUT2D eigenvalue weighted by Gasteiger charge is -2.13. The molecule has 0 aliphatic carbocycles. The fourth-order valence-electron chi connectivity index (χ4n) is 1.80. The van der Waals surface area contributed by atoms with Crippen molar-refractivity contribution in [3.63, 3.8) is 0 Å². The fourth-order valence-corrected chi connectivity index (χ4v) is 1.80. The van der Waals surface area contributed by atoms with Gasteiger partial charge in [0.15, 0.2) is 11.5 Å². The van der Waals surface area contributed by atoms with Crippen molar-refractivity contribution in [2.75, 3.05) is 0 Å². The molecular weight excluding hydrogens is 188 g/mol. The molecule has 0 heterocycles. The molecule has 0 amide bonds. The zero-order valence-corrected chi connectivity index (χ0v) is 9.53. The van der Waals surface area contributed by atoms with E-state index in [2.05, 4.69) is 13.8 Å². The summed E-state index contributed by atoms with van der Waals surface area (Å²) < 4.78 is 0. The maximum Gasteiger partial charge on any atom is 0.160 e. The number of rotatable bonds is 5. The van der Waals surface area contributed by atoms with Crippen molar-refractivity contribution in [1.82, 2.24) is 0 Å². The highest BCUT2D eigenvalue weighted by Gasteiger charge is 2.12. The minimum absolute atomic E-state index is 0.0187. The molecule has 0 aliphatic heterocycles. The molecule has 1 rings (SSSR count). The van der Waals surface area contributed by atoms with Gasteiger partial charge in [-0.25, -0.2) is 0 Å². The number of hydrogen-bond donors (Lipinski definition) is 2. The largest absolute Gasteiger partial charge is 0.504 e. The highest BCUT2D eigenvalue weighted by atomic mass is 16.3. The lowest BCUT2D eigenvalue weighted by molar-refractivity contribution is 0.395. The predicted molar refractivity (Wildman–Crippen MR) is 62.3 cm³/mol. The van der Waals surface area contributed by atoms with Crippen molar-refractivity contribution in [2.24, 2.45) is 0 Å². The molecule has 0 spiro atoms. The van der Waals surface area contributed by atoms with E-state index < -0.39 is 0 Å². The normalized spacial score (nSPS) is 12.7. The summed E-state index contributed by atoms with van der Waals surface area (Å²) in [5.41, 5.74) is 0.853. The van der Waals surface area contributed by atoms with E-state index in [1.54, 1.807) is 6.07 Å². The van der Waals surface area contributed by atoms with Gasteiger partial charge in [-0.2, -0.15) is 0 Å². The summed E-state index contributed by atoms with van der Waals surface area (Å²) in [5, 5.41) is 19.0. The first-order valence-electron chi connectivity index (χ1n) is 5.67. The Morgan fingerprint density at radius 1 is 1.20 bits per heavy atom. The zero-order chi connectivity index (χ0) is 11.3. The first kappa shape index (κ1) is 11.9. The van der Waals surface area contributed by atoms with Crippen molar-refractivity contribution < 1.29 is 10.2 Å². The number of hydrogen-bond acceptors (Lipinski definition) is 2. The van der Waals surface area contributed by atoms with Crippen LogP contribution < -0.4 is 0 Å². The maximum atomic E-state index is 9.67. The Morgan fingerprint density at radius 3 is 2.60 bits per heavy atom. The van der Waals surface area contributed by atoms with E-state index in [9.17, 15) is 10.2 Å². The third kappa shape index (κ3) is 3.15. The minimum atomic E-state index is -0.0187. The number of benzene rings is 1. The SMILES string of the molecule is CCCCCC(C)c1cccc(O)c1O. The molecule has 1 unspecified atom stereocenters. The standard InChI is InChI=1S/C13H20O2/c1-3-4-5-7-10(2)11-8-6-9-12(14)13(11)15/h6,8-10,14-15H,3-5,7H2,1-2H3. The Labute approximate surface area is 91.6 Å². The zero-order valence-electron chi connectivity index (χ0n) is 9.53. The van der Waals surface area contributed by atoms with Crippen LogP contribution in [0.1, 0.15) is 51.0 Å². The van der Waals surface area contributed by atoms with Gasteiger partial charge in [0.05, 0.1) is 0 Å². The topological polar surface area (TPSA) is 40.5 Å². The van der Waals surface area contributed by atoms with Gasteiger partial charge in [0.1, 0.15) is 0 Å². The molecule has 0 fully saturated rings. The van der Waals surface area contributed by atoms with E-state index in [0.29, 0.717) is 5.92 Å². The van der Waals surface area contributed by atoms with Gasteiger partial charge in [0, 0.05) is 5.56 Å². The smallest absolute Gasteiger partial charge is 0.160 e. The Kier molecular flexibility index (Phi) is 4.47. The fraction of sp³-hybridized carbons (Fsp3) is 0.538. The monoisotopic (exact) mass is 208 g/mol. The second-order valence-electron chi connectivity index (χ2n) is 4.11. The Balaban J connectivity index is 2.65. The predicted octanol–water partition coefficient (Wildman–Crippen LogP) is 3.78. The first-order chi connectivity index (χ1) is 7.16. The van der Waals surface area contributed by atoms with Gasteiger partial charge in [-0.05, 0) is 18.4 Å². The molecule has 0 aliphatic rings. The van der Waals surface area contributed by atoms with Gasteiger partial charge in [-0.1, -0.05) is 45.2 Å². The van der Waals surface area contributed by atoms with Crippen LogP contribution in [0.15, 0.2) is 18.2 Å². The molecule has 1 atom stereocenters. The lowest BCUT2D eigenvalue weighted by atomic mass is 9.94. The van der Waals surface area contributed by atoms with Crippen molar-refractivity contribution >= 4 is 0 Å². The summed E-state index contributed by atoms with van der Waals surface area (Å²) in [6.45, 7) is 4.26. The molecule has 2 N–H and O–H groups in total. The minimum Gasteiger partial charge on any atom is -0.504 e. The van der Waals surface area contributed by atoms with Gasteiger partial charge >= 0.3 is 0 Å². The molecule has 0 saturated carbocycles. The van der Waals surface area contributed by atoms with E-state index >= 15 is 0 Å². The van der Waals surface area contributed by atoms with Gasteiger partial charge in [-0.15, -0.1) is 0 Å². The summed E-state index contributed by atoms with van der Waals surface area (Å²) in [4.78, 5) is 0. The van der Waals surface area contributed by atoms with Gasteiger partial charge in [0.2, 0.25) is 0 Å². The van der Waals surface area contributed by atoms with Gasteiger partial charge in [-0.3, -0.25) is 0 Å². The first-order valence-corrected chi connectivity index (χ1v) is 5.67. The van der Waals surface area contributed by atoms with Crippen LogP contribution in [-0.2, 0) is 0 Å². The van der Waals surface area contributed by atoms with Gasteiger partial charge in [0.25, 0.3) is 0 Å². The number of phenolic OH excluding ortho intramolecular Hbond substituents is 2. The number of para-hydroxylation sites is 1. The average Bonchev–Trinajstić information content (AvgIpc) is 2.22. The van der Waals surface area contributed by atoms with Crippen LogP contribution in [0, 0.1) is 0 Å². The number of aromatic hydroxyl groups is 2. The van der Waals surface area contributed by atoms with Crippen molar-refractivity contribution in [3.05, 3.63) is 23.8 Å². The molecule has 84 valence electrons. The highest BCUT2D eigenvalue weighted by molar-refractivity contribution is 5.45. The molecule has 0 saturated heterocycles. The molecular formula is C13H20O2. The Bertz CT molecular complexity index is 307. The molecule has 0 aromatic heterocycles. The van der Waals surface area contributed by atoms with Crippen molar-refractivity contribution in [2.45, 2.75) is 45.4 Å². The molecule has 2 heteroatoms. The van der Waals surface area contributed by atoms with E-state index in [0.717, 1.165) is 12.0 Å². The van der Waals surface area contributed by atoms with E-state index in [1.165, 1.54) is 25.3 Å². The van der Waals surface area contributed by atoms with E-state index in [4.69, 9.17) is 0 Å². The van der Waals surface area contributed by atoms with Crippen molar-refractivity contribution in [1.29, 1.82) is 0 Å². The lowest BCUT2D eigenvalue weighted by Crippen LogP contribution is -1.94.